The second-order valence-corrected chi connectivity index (χ2v) is 25.9. The summed E-state index contributed by atoms with van der Waals surface area (Å²) in [7, 11) is -1.09. The number of hydrogen-bond acceptors (Lipinski definition) is 4. The van der Waals surface area contributed by atoms with Gasteiger partial charge in [-0.1, -0.05) is 241 Å². The largest absolute Gasteiger partial charge is 2.00 e. The molecule has 0 atom stereocenters. The Balaban J connectivity index is 0.000000167. The Hall–Kier alpha value is -8.02. The van der Waals surface area contributed by atoms with Crippen LogP contribution in [0.25, 0.3) is 67.3 Å². The topological polar surface area (TPSA) is 79.8 Å². The summed E-state index contributed by atoms with van der Waals surface area (Å²) in [5.41, 5.74) is 15.0. The summed E-state index contributed by atoms with van der Waals surface area (Å²) in [6.45, 7) is 13.7. The summed E-state index contributed by atoms with van der Waals surface area (Å²) >= 11 is 0. The van der Waals surface area contributed by atoms with Crippen molar-refractivity contribution in [2.24, 2.45) is 11.8 Å². The average molecular weight is 1310 g/mol. The van der Waals surface area contributed by atoms with Gasteiger partial charge in [-0.2, -0.15) is 0 Å². The van der Waals surface area contributed by atoms with E-state index >= 15 is 0 Å². The van der Waals surface area contributed by atoms with E-state index in [2.05, 4.69) is 268 Å². The third-order valence-corrected chi connectivity index (χ3v) is 18.9. The third-order valence-electron chi connectivity index (χ3n) is 14.1. The zero-order valence-corrected chi connectivity index (χ0v) is 52.7. The molecule has 0 saturated carbocycles. The molecule has 4 heterocycles. The van der Waals surface area contributed by atoms with Gasteiger partial charge in [0.1, 0.15) is 0 Å². The van der Waals surface area contributed by atoms with Crippen molar-refractivity contribution in [1.29, 1.82) is 0 Å². The van der Waals surface area contributed by atoms with Crippen LogP contribution in [0, 0.1) is 11.8 Å². The van der Waals surface area contributed by atoms with Crippen molar-refractivity contribution in [2.45, 2.75) is 48.0 Å². The molecule has 0 N–H and O–H groups in total. The van der Waals surface area contributed by atoms with Gasteiger partial charge in [-0.25, -0.2) is 0 Å². The fourth-order valence-corrected chi connectivity index (χ4v) is 13.3. The molecule has 4 aromatic heterocycles. The molecule has 0 saturated heterocycles. The molecule has 422 valence electrons. The maximum atomic E-state index is 4.75. The van der Waals surface area contributed by atoms with Gasteiger partial charge in [0.05, 0.1) is 61.8 Å². The molecule has 12 aromatic rings. The van der Waals surface area contributed by atoms with Crippen molar-refractivity contribution in [3.63, 3.8) is 0 Å². The zero-order chi connectivity index (χ0) is 56.9. The van der Waals surface area contributed by atoms with E-state index in [4.69, 9.17) is 9.97 Å². The summed E-state index contributed by atoms with van der Waals surface area (Å²) in [5, 5.41) is 23.0. The molecule has 6 nitrogen and oxygen atoms in total. The van der Waals surface area contributed by atoms with Gasteiger partial charge in [0.2, 0.25) is 0 Å². The van der Waals surface area contributed by atoms with E-state index in [1.165, 1.54) is 54.6 Å². The van der Waals surface area contributed by atoms with E-state index < -0.39 is 15.8 Å². The standard InChI is InChI=1S/2C24H22N3.2C13H13P.CH4.Os/c2*1-17(2)13-20-14-23(25-15-21(20)18-9-5-3-6-10-18)24-22(16-26-27-24)19-11-7-4-8-12-19;2*1-14(12-8-4-2-5-9-12)13-10-6-3-7-11-13;;/h2*3-12,14-17H,13H2,1-2H3;2*2-11H,1H3;1H4;/q2*-1;;;;+2/p+2. The Labute approximate surface area is 515 Å². The molecule has 0 fully saturated rings. The molecule has 0 aliphatic heterocycles. The van der Waals surface area contributed by atoms with Crippen molar-refractivity contribution in [3.05, 3.63) is 291 Å². The first kappa shape index (κ1) is 63.6. The van der Waals surface area contributed by atoms with Crippen molar-refractivity contribution in [3.8, 4) is 67.3 Å². The number of pyridine rings is 2. The normalized spacial score (nSPS) is 10.6. The van der Waals surface area contributed by atoms with Crippen LogP contribution in [0.3, 0.4) is 0 Å². The van der Waals surface area contributed by atoms with Gasteiger partial charge in [-0.05, 0) is 130 Å². The first-order valence-corrected chi connectivity index (χ1v) is 32.3. The summed E-state index contributed by atoms with van der Waals surface area (Å²) in [4.78, 5) is 9.50. The molecule has 0 amide bonds. The van der Waals surface area contributed by atoms with Gasteiger partial charge >= 0.3 is 19.8 Å². The smallest absolute Gasteiger partial charge is 0.573 e. The Morgan fingerprint density at radius 2 is 0.571 bits per heavy atom. The van der Waals surface area contributed by atoms with Crippen LogP contribution in [0.5, 0.6) is 0 Å². The summed E-state index contributed by atoms with van der Waals surface area (Å²) in [6.07, 6.45) is 9.58. The molecule has 84 heavy (non-hydrogen) atoms. The molecule has 0 aliphatic carbocycles. The Kier molecular flexibility index (Phi) is 24.8. The van der Waals surface area contributed by atoms with Crippen LogP contribution in [-0.4, -0.2) is 33.5 Å². The van der Waals surface area contributed by atoms with Crippen LogP contribution in [0.15, 0.2) is 280 Å². The fraction of sp³-hybridized carbons (Fsp3) is 0.147. The van der Waals surface area contributed by atoms with E-state index in [1.54, 1.807) is 0 Å². The SMILES string of the molecule is C.CC(C)Cc1cc(-c2[n-]ncc2-c2ccccc2)ncc1-c1ccccc1.CC(C)Cc1cc(-c2[n-]ncc2-c2ccccc2)ncc1-c1ccccc1.C[PH+](c1ccccc1)c1ccccc1.C[PH+](c1ccccc1)c1ccccc1.[Os+2]. The third kappa shape index (κ3) is 17.5. The van der Waals surface area contributed by atoms with E-state index in [0.29, 0.717) is 11.8 Å². The van der Waals surface area contributed by atoms with Crippen LogP contribution < -0.4 is 31.4 Å². The molecule has 0 unspecified atom stereocenters. The van der Waals surface area contributed by atoms with Crippen molar-refractivity contribution < 1.29 is 19.8 Å². The number of aromatic nitrogens is 6. The van der Waals surface area contributed by atoms with Gasteiger partial charge in [-0.3, -0.25) is 9.97 Å². The van der Waals surface area contributed by atoms with Crippen LogP contribution >= 0.6 is 15.8 Å². The number of nitrogens with zero attached hydrogens (tertiary/aromatic N) is 6. The molecule has 9 heteroatoms. The number of benzene rings is 8. The molecule has 8 aromatic carbocycles. The minimum atomic E-state index is -0.545. The first-order valence-electron chi connectivity index (χ1n) is 28.3. The van der Waals surface area contributed by atoms with Crippen LogP contribution in [-0.2, 0) is 32.6 Å². The first-order chi connectivity index (χ1) is 40.2. The Morgan fingerprint density at radius 3 is 0.821 bits per heavy atom. The average Bonchev–Trinajstić information content (AvgIpc) is 4.38. The minimum Gasteiger partial charge on any atom is -0.573 e. The minimum absolute atomic E-state index is 0. The quantitative estimate of drug-likeness (QED) is 0.101. The molecule has 0 spiro atoms. The van der Waals surface area contributed by atoms with Gasteiger partial charge in [0.15, 0.2) is 0 Å². The fourth-order valence-electron chi connectivity index (χ4n) is 9.87. The second kappa shape index (κ2) is 32.7. The van der Waals surface area contributed by atoms with E-state index in [0.717, 1.165) is 57.9 Å². The van der Waals surface area contributed by atoms with E-state index in [9.17, 15) is 0 Å². The number of rotatable bonds is 14. The monoisotopic (exact) mass is 1310 g/mol. The van der Waals surface area contributed by atoms with Crippen LogP contribution in [0.1, 0.15) is 46.2 Å². The second-order valence-electron chi connectivity index (χ2n) is 21.0. The van der Waals surface area contributed by atoms with Crippen molar-refractivity contribution >= 4 is 37.1 Å². The maximum Gasteiger partial charge on any atom is 2.00 e. The Morgan fingerprint density at radius 1 is 0.333 bits per heavy atom. The van der Waals surface area contributed by atoms with Gasteiger partial charge in [-0.15, -0.1) is 0 Å². The zero-order valence-electron chi connectivity index (χ0n) is 48.2. The molecular formula is C75H76N6OsP2+2. The molecule has 12 rings (SSSR count). The van der Waals surface area contributed by atoms with E-state index in [-0.39, 0.29) is 27.2 Å². The van der Waals surface area contributed by atoms with Gasteiger partial charge in [0.25, 0.3) is 0 Å². The molecule has 0 bridgehead atoms. The van der Waals surface area contributed by atoms with Gasteiger partial charge in [0, 0.05) is 35.9 Å². The van der Waals surface area contributed by atoms with Crippen molar-refractivity contribution in [1.82, 2.24) is 30.4 Å². The van der Waals surface area contributed by atoms with Crippen LogP contribution in [0.2, 0.25) is 0 Å². The number of hydrogen-bond donors (Lipinski definition) is 0. The Bertz CT molecular complexity index is 3440. The predicted molar refractivity (Wildman–Crippen MR) is 360 cm³/mol. The molecular weight excluding hydrogens is 1240 g/mol. The molecule has 0 radical (unpaired) electrons. The van der Waals surface area contributed by atoms with Crippen LogP contribution in [0.4, 0.5) is 0 Å². The van der Waals surface area contributed by atoms with Gasteiger partial charge < -0.3 is 20.4 Å². The van der Waals surface area contributed by atoms with Crippen molar-refractivity contribution in [2.75, 3.05) is 13.3 Å². The summed E-state index contributed by atoms with van der Waals surface area (Å²) in [5.74, 6) is 1.11. The predicted octanol–water partition coefficient (Wildman–Crippen LogP) is 16.9. The summed E-state index contributed by atoms with van der Waals surface area (Å²) < 4.78 is 0. The summed E-state index contributed by atoms with van der Waals surface area (Å²) in [6, 6.07) is 88.7. The maximum absolute atomic E-state index is 4.75. The van der Waals surface area contributed by atoms with E-state index in [1.807, 2.05) is 73.3 Å². The molecule has 0 aliphatic rings.